The van der Waals surface area contributed by atoms with Gasteiger partial charge in [-0.15, -0.1) is 0 Å². The Kier molecular flexibility index (Phi) is 4.75. The molecule has 0 amide bonds. The van der Waals surface area contributed by atoms with Gasteiger partial charge in [-0.05, 0) is 66.0 Å². The Balaban J connectivity index is 1.43. The molecule has 0 saturated heterocycles. The van der Waals surface area contributed by atoms with Gasteiger partial charge in [0.15, 0.2) is 0 Å². The van der Waals surface area contributed by atoms with Crippen LogP contribution in [0.4, 0.5) is 0 Å². The first-order valence-corrected chi connectivity index (χ1v) is 15.8. The van der Waals surface area contributed by atoms with Crippen LogP contribution in [0.1, 0.15) is 0 Å². The van der Waals surface area contributed by atoms with Gasteiger partial charge >= 0.3 is 0 Å². The van der Waals surface area contributed by atoms with E-state index in [1.54, 1.807) is 0 Å². The fourth-order valence-corrected chi connectivity index (χ4v) is 7.86. The highest BCUT2D eigenvalue weighted by molar-refractivity contribution is 6.31. The molecule has 0 bridgehead atoms. The third-order valence-electron chi connectivity index (χ3n) is 9.76. The lowest BCUT2D eigenvalue weighted by molar-refractivity contribution is 1.16. The molecule has 47 heavy (non-hydrogen) atoms. The molecule has 11 aromatic rings. The van der Waals surface area contributed by atoms with Gasteiger partial charge < -0.3 is 9.13 Å². The third-order valence-corrected chi connectivity index (χ3v) is 9.76. The zero-order valence-electron chi connectivity index (χ0n) is 25.0. The highest BCUT2D eigenvalue weighted by atomic mass is 15.0. The Labute approximate surface area is 267 Å². The number of hydrogen-bond donors (Lipinski definition) is 0. The van der Waals surface area contributed by atoms with Crippen LogP contribution in [0.3, 0.4) is 0 Å². The molecule has 6 nitrogen and oxygen atoms in total. The topological polar surface area (TPSA) is 52.9 Å². The molecule has 6 heterocycles. The number of fused-ring (bicyclic) bond motifs is 15. The molecule has 0 aliphatic carbocycles. The minimum Gasteiger partial charge on any atom is -0.309 e. The second-order valence-corrected chi connectivity index (χ2v) is 12.2. The molecule has 218 valence electrons. The van der Waals surface area contributed by atoms with E-state index < -0.39 is 0 Å². The van der Waals surface area contributed by atoms with Gasteiger partial charge in [0, 0.05) is 62.3 Å². The number of aromatic nitrogens is 6. The summed E-state index contributed by atoms with van der Waals surface area (Å²) in [6.07, 6.45) is 7.56. The maximum absolute atomic E-state index is 5.28. The molecule has 0 radical (unpaired) electrons. The second kappa shape index (κ2) is 9.02. The molecule has 6 heteroatoms. The average molecular weight is 601 g/mol. The summed E-state index contributed by atoms with van der Waals surface area (Å²) in [5.74, 6) is 0. The molecular weight excluding hydrogens is 576 g/mol. The molecule has 0 N–H and O–H groups in total. The van der Waals surface area contributed by atoms with Gasteiger partial charge in [-0.2, -0.15) is 0 Å². The Morgan fingerprint density at radius 2 is 1.11 bits per heavy atom. The van der Waals surface area contributed by atoms with Crippen LogP contribution in [0.2, 0.25) is 0 Å². The molecule has 0 aliphatic heterocycles. The summed E-state index contributed by atoms with van der Waals surface area (Å²) in [4.78, 5) is 14.3. The van der Waals surface area contributed by atoms with Crippen molar-refractivity contribution in [2.45, 2.75) is 0 Å². The van der Waals surface area contributed by atoms with E-state index in [1.165, 1.54) is 32.6 Å². The second-order valence-electron chi connectivity index (χ2n) is 12.2. The van der Waals surface area contributed by atoms with E-state index in [0.29, 0.717) is 0 Å². The lowest BCUT2D eigenvalue weighted by atomic mass is 10.0. The summed E-state index contributed by atoms with van der Waals surface area (Å²) in [5.41, 5.74) is 10.8. The standard InChI is InChI=1S/C41H24N6/c1-3-9-25(10-4-1)45-33-14-8-7-13-27(33)29-21-30-37(22-36(29)45)46(26-11-5-2-6-12-26)35-16-15-28-31-23-42-20-18-34(31)47-38-24-43-19-17-32(38)44-41(47)40(28)39(30)35/h1-24H. The normalized spacial score (nSPS) is 12.3. The van der Waals surface area contributed by atoms with Crippen LogP contribution in [-0.4, -0.2) is 28.5 Å². The molecule has 0 aliphatic rings. The zero-order chi connectivity index (χ0) is 30.6. The van der Waals surface area contributed by atoms with Crippen LogP contribution in [0, 0.1) is 0 Å². The molecule has 0 saturated carbocycles. The van der Waals surface area contributed by atoms with E-state index in [2.05, 4.69) is 139 Å². The minimum absolute atomic E-state index is 0.919. The zero-order valence-corrected chi connectivity index (χ0v) is 25.0. The highest BCUT2D eigenvalue weighted by Gasteiger charge is 2.23. The van der Waals surface area contributed by atoms with Gasteiger partial charge in [-0.25, -0.2) is 4.98 Å². The van der Waals surface area contributed by atoms with Crippen molar-refractivity contribution in [2.24, 2.45) is 0 Å². The van der Waals surface area contributed by atoms with Crippen molar-refractivity contribution in [3.8, 4) is 11.4 Å². The van der Waals surface area contributed by atoms with E-state index in [-0.39, 0.29) is 0 Å². The van der Waals surface area contributed by atoms with Crippen LogP contribution < -0.4 is 0 Å². The van der Waals surface area contributed by atoms with Gasteiger partial charge in [0.25, 0.3) is 0 Å². The highest BCUT2D eigenvalue weighted by Crippen LogP contribution is 2.44. The first-order chi connectivity index (χ1) is 23.3. The lowest BCUT2D eigenvalue weighted by Gasteiger charge is -2.11. The van der Waals surface area contributed by atoms with E-state index in [1.807, 2.05) is 30.9 Å². The van der Waals surface area contributed by atoms with Gasteiger partial charge in [0.2, 0.25) is 0 Å². The Morgan fingerprint density at radius 1 is 0.404 bits per heavy atom. The maximum Gasteiger partial charge on any atom is 0.147 e. The smallest absolute Gasteiger partial charge is 0.147 e. The number of hydrogen-bond acceptors (Lipinski definition) is 3. The summed E-state index contributed by atoms with van der Waals surface area (Å²) >= 11 is 0. The first-order valence-electron chi connectivity index (χ1n) is 15.8. The molecule has 0 spiro atoms. The lowest BCUT2D eigenvalue weighted by Crippen LogP contribution is -1.96. The predicted molar refractivity (Wildman–Crippen MR) is 192 cm³/mol. The number of para-hydroxylation sites is 3. The summed E-state index contributed by atoms with van der Waals surface area (Å²) < 4.78 is 7.05. The molecular formula is C41H24N6. The van der Waals surface area contributed by atoms with Gasteiger partial charge in [-0.1, -0.05) is 60.7 Å². The number of benzene rings is 5. The number of nitrogens with zero attached hydrogens (tertiary/aromatic N) is 6. The van der Waals surface area contributed by atoms with Crippen LogP contribution in [0.5, 0.6) is 0 Å². The van der Waals surface area contributed by atoms with Crippen LogP contribution in [0.25, 0.3) is 93.3 Å². The molecule has 0 fully saturated rings. The monoisotopic (exact) mass is 600 g/mol. The van der Waals surface area contributed by atoms with Crippen molar-refractivity contribution >= 4 is 82.0 Å². The molecule has 11 rings (SSSR count). The number of rotatable bonds is 2. The SMILES string of the molecule is c1ccc(-n2c3ccccc3c3cc4c5c6c(ccc5n(-c5ccccc5)c4cc32)c2cnccc2n2c3cnccc3nc62)cc1. The van der Waals surface area contributed by atoms with Crippen LogP contribution in [-0.2, 0) is 0 Å². The Bertz CT molecular complexity index is 3060. The molecule has 6 aromatic heterocycles. The molecule has 0 unspecified atom stereocenters. The quantitative estimate of drug-likeness (QED) is 0.186. The fourth-order valence-electron chi connectivity index (χ4n) is 7.86. The maximum atomic E-state index is 5.28. The fraction of sp³-hybridized carbons (Fsp3) is 0. The van der Waals surface area contributed by atoms with Crippen molar-refractivity contribution in [3.63, 3.8) is 0 Å². The molecule has 5 aromatic carbocycles. The Hall–Kier alpha value is -6.53. The Morgan fingerprint density at radius 3 is 1.94 bits per heavy atom. The number of pyridine rings is 3. The summed E-state index contributed by atoms with van der Waals surface area (Å²) in [7, 11) is 0. The predicted octanol–water partition coefficient (Wildman–Crippen LogP) is 9.78. The average Bonchev–Trinajstić information content (AvgIpc) is 3.79. The van der Waals surface area contributed by atoms with Crippen molar-refractivity contribution < 1.29 is 0 Å². The first kappa shape index (κ1) is 24.8. The van der Waals surface area contributed by atoms with Crippen molar-refractivity contribution in [1.29, 1.82) is 0 Å². The van der Waals surface area contributed by atoms with Gasteiger partial charge in [0.1, 0.15) is 5.65 Å². The van der Waals surface area contributed by atoms with Crippen LogP contribution in [0.15, 0.2) is 146 Å². The number of imidazole rings is 1. The van der Waals surface area contributed by atoms with Gasteiger partial charge in [-0.3, -0.25) is 14.4 Å². The largest absolute Gasteiger partial charge is 0.309 e. The van der Waals surface area contributed by atoms with E-state index in [9.17, 15) is 0 Å². The molecule has 0 atom stereocenters. The van der Waals surface area contributed by atoms with Crippen molar-refractivity contribution in [1.82, 2.24) is 28.5 Å². The summed E-state index contributed by atoms with van der Waals surface area (Å²) in [6.45, 7) is 0. The van der Waals surface area contributed by atoms with Crippen molar-refractivity contribution in [2.75, 3.05) is 0 Å². The van der Waals surface area contributed by atoms with E-state index >= 15 is 0 Å². The van der Waals surface area contributed by atoms with Crippen LogP contribution >= 0.6 is 0 Å². The van der Waals surface area contributed by atoms with Crippen molar-refractivity contribution in [3.05, 3.63) is 146 Å². The minimum atomic E-state index is 0.919. The summed E-state index contributed by atoms with van der Waals surface area (Å²) in [6, 6.07) is 43.4. The van der Waals surface area contributed by atoms with E-state index in [0.717, 1.165) is 60.8 Å². The third kappa shape index (κ3) is 3.21. The van der Waals surface area contributed by atoms with Gasteiger partial charge in [0.05, 0.1) is 44.8 Å². The summed E-state index contributed by atoms with van der Waals surface area (Å²) in [5, 5.41) is 8.15. The van der Waals surface area contributed by atoms with E-state index in [4.69, 9.17) is 4.98 Å².